The number of aromatic nitrogens is 1. The Morgan fingerprint density at radius 2 is 2.24 bits per heavy atom. The number of hydrogen-bond acceptors (Lipinski definition) is 4. The zero-order valence-corrected chi connectivity index (χ0v) is 11.6. The minimum absolute atomic E-state index is 0.136. The average Bonchev–Trinajstić information content (AvgIpc) is 2.81. The Labute approximate surface area is 114 Å². The molecule has 2 aromatic rings. The summed E-state index contributed by atoms with van der Waals surface area (Å²) < 4.78 is 0. The highest BCUT2D eigenvalue weighted by Crippen LogP contribution is 2.27. The molecule has 0 bridgehead atoms. The van der Waals surface area contributed by atoms with Gasteiger partial charge in [-0.2, -0.15) is 0 Å². The number of benzene rings is 1. The van der Waals surface area contributed by atoms with Gasteiger partial charge in [0, 0.05) is 27.8 Å². The van der Waals surface area contributed by atoms with E-state index in [2.05, 4.69) is 4.98 Å². The number of nitrogens with zero attached hydrogens (tertiary/aromatic N) is 1. The summed E-state index contributed by atoms with van der Waals surface area (Å²) >= 11 is 9.43. The lowest BCUT2D eigenvalue weighted by Crippen LogP contribution is -2.25. The van der Waals surface area contributed by atoms with E-state index in [-0.39, 0.29) is 6.04 Å². The quantitative estimate of drug-likeness (QED) is 0.855. The molecule has 0 fully saturated rings. The third-order valence-electron chi connectivity index (χ3n) is 2.24. The topological polar surface area (TPSA) is 38.9 Å². The summed E-state index contributed by atoms with van der Waals surface area (Å²) in [5.74, 6) is 0.863. The summed E-state index contributed by atoms with van der Waals surface area (Å²) in [5, 5.41) is 0.794. The predicted octanol–water partition coefficient (Wildman–Crippen LogP) is 3.46. The highest BCUT2D eigenvalue weighted by Gasteiger charge is 2.07. The van der Waals surface area contributed by atoms with E-state index in [4.69, 9.17) is 17.3 Å². The molecule has 0 amide bonds. The van der Waals surface area contributed by atoms with E-state index in [1.165, 1.54) is 4.88 Å². The Hall–Kier alpha value is -0.550. The van der Waals surface area contributed by atoms with Crippen LogP contribution in [0.2, 0.25) is 5.02 Å². The predicted molar refractivity (Wildman–Crippen MR) is 76.0 cm³/mol. The van der Waals surface area contributed by atoms with E-state index in [0.29, 0.717) is 0 Å². The monoisotopic (exact) mass is 284 g/mol. The van der Waals surface area contributed by atoms with Crippen LogP contribution in [-0.2, 0) is 6.42 Å². The van der Waals surface area contributed by atoms with E-state index in [9.17, 15) is 0 Å². The van der Waals surface area contributed by atoms with Crippen LogP contribution in [0.1, 0.15) is 4.88 Å². The summed E-state index contributed by atoms with van der Waals surface area (Å²) in [6.07, 6.45) is 2.76. The molecule has 0 aliphatic rings. The molecule has 1 atom stereocenters. The van der Waals surface area contributed by atoms with Gasteiger partial charge in [-0.3, -0.25) is 4.98 Å². The lowest BCUT2D eigenvalue weighted by molar-refractivity contribution is 0.756. The zero-order chi connectivity index (χ0) is 12.1. The van der Waals surface area contributed by atoms with Gasteiger partial charge >= 0.3 is 0 Å². The molecule has 0 radical (unpaired) electrons. The largest absolute Gasteiger partial charge is 0.327 e. The van der Waals surface area contributed by atoms with Crippen LogP contribution in [-0.4, -0.2) is 16.8 Å². The molecule has 2 rings (SSSR count). The van der Waals surface area contributed by atoms with Crippen molar-refractivity contribution in [1.29, 1.82) is 0 Å². The molecule has 90 valence electrons. The van der Waals surface area contributed by atoms with Crippen LogP contribution in [0.4, 0.5) is 0 Å². The van der Waals surface area contributed by atoms with Gasteiger partial charge in [0.05, 0.1) is 10.5 Å². The Kier molecular flexibility index (Phi) is 4.86. The number of thiazole rings is 1. The SMILES string of the molecule is NC(CSc1ccccc1Cl)Cc1cncs1. The molecule has 0 saturated heterocycles. The maximum atomic E-state index is 6.08. The number of halogens is 1. The van der Waals surface area contributed by atoms with Gasteiger partial charge in [0.15, 0.2) is 0 Å². The summed E-state index contributed by atoms with van der Waals surface area (Å²) in [7, 11) is 0. The van der Waals surface area contributed by atoms with Gasteiger partial charge in [-0.1, -0.05) is 23.7 Å². The van der Waals surface area contributed by atoms with Crippen molar-refractivity contribution >= 4 is 34.7 Å². The molecular formula is C12H13ClN2S2. The second kappa shape index (κ2) is 6.40. The fourth-order valence-corrected chi connectivity index (χ4v) is 3.30. The summed E-state index contributed by atoms with van der Waals surface area (Å²) in [4.78, 5) is 6.37. The van der Waals surface area contributed by atoms with Crippen molar-refractivity contribution in [3.8, 4) is 0 Å². The van der Waals surface area contributed by atoms with E-state index >= 15 is 0 Å². The summed E-state index contributed by atoms with van der Waals surface area (Å²) in [5.41, 5.74) is 7.91. The molecule has 1 unspecified atom stereocenters. The van der Waals surface area contributed by atoms with Crippen molar-refractivity contribution < 1.29 is 0 Å². The van der Waals surface area contributed by atoms with Crippen LogP contribution in [0.25, 0.3) is 0 Å². The Bertz CT molecular complexity index is 459. The van der Waals surface area contributed by atoms with Crippen molar-refractivity contribution in [2.75, 3.05) is 5.75 Å². The second-order valence-electron chi connectivity index (χ2n) is 3.67. The standard InChI is InChI=1S/C12H13ClN2S2/c13-11-3-1-2-4-12(11)16-7-9(14)5-10-6-15-8-17-10/h1-4,6,8-9H,5,7,14H2. The molecule has 2 N–H and O–H groups in total. The van der Waals surface area contributed by atoms with Crippen LogP contribution in [0.3, 0.4) is 0 Å². The van der Waals surface area contributed by atoms with Crippen molar-refractivity contribution in [1.82, 2.24) is 4.98 Å². The number of thioether (sulfide) groups is 1. The normalized spacial score (nSPS) is 12.6. The first-order chi connectivity index (χ1) is 8.25. The summed E-state index contributed by atoms with van der Waals surface area (Å²) in [6.45, 7) is 0. The number of hydrogen-bond donors (Lipinski definition) is 1. The molecule has 5 heteroatoms. The summed E-state index contributed by atoms with van der Waals surface area (Å²) in [6, 6.07) is 7.98. The maximum absolute atomic E-state index is 6.08. The Morgan fingerprint density at radius 1 is 1.41 bits per heavy atom. The molecular weight excluding hydrogens is 272 g/mol. The number of rotatable bonds is 5. The molecule has 1 heterocycles. The lowest BCUT2D eigenvalue weighted by atomic mass is 10.2. The van der Waals surface area contributed by atoms with E-state index in [0.717, 1.165) is 22.1 Å². The van der Waals surface area contributed by atoms with Gasteiger partial charge in [0.25, 0.3) is 0 Å². The highest BCUT2D eigenvalue weighted by molar-refractivity contribution is 7.99. The average molecular weight is 285 g/mol. The van der Waals surface area contributed by atoms with Gasteiger partial charge in [0.1, 0.15) is 0 Å². The Morgan fingerprint density at radius 3 is 2.94 bits per heavy atom. The maximum Gasteiger partial charge on any atom is 0.0794 e. The zero-order valence-electron chi connectivity index (χ0n) is 9.17. The minimum Gasteiger partial charge on any atom is -0.327 e. The first-order valence-electron chi connectivity index (χ1n) is 5.26. The van der Waals surface area contributed by atoms with E-state index < -0.39 is 0 Å². The van der Waals surface area contributed by atoms with Crippen LogP contribution < -0.4 is 5.73 Å². The van der Waals surface area contributed by atoms with Crippen LogP contribution in [0.15, 0.2) is 40.9 Å². The van der Waals surface area contributed by atoms with Gasteiger partial charge in [-0.25, -0.2) is 0 Å². The van der Waals surface area contributed by atoms with Gasteiger partial charge in [0.2, 0.25) is 0 Å². The highest BCUT2D eigenvalue weighted by atomic mass is 35.5. The molecule has 17 heavy (non-hydrogen) atoms. The minimum atomic E-state index is 0.136. The van der Waals surface area contributed by atoms with Gasteiger partial charge < -0.3 is 5.73 Å². The van der Waals surface area contributed by atoms with Crippen molar-refractivity contribution in [3.63, 3.8) is 0 Å². The van der Waals surface area contributed by atoms with Crippen LogP contribution in [0.5, 0.6) is 0 Å². The second-order valence-corrected chi connectivity index (χ2v) is 6.11. The fraction of sp³-hybridized carbons (Fsp3) is 0.250. The molecule has 1 aromatic carbocycles. The van der Waals surface area contributed by atoms with Gasteiger partial charge in [-0.15, -0.1) is 23.1 Å². The van der Waals surface area contributed by atoms with Gasteiger partial charge in [-0.05, 0) is 18.6 Å². The van der Waals surface area contributed by atoms with Crippen molar-refractivity contribution in [2.24, 2.45) is 5.73 Å². The fourth-order valence-electron chi connectivity index (χ4n) is 1.42. The lowest BCUT2D eigenvalue weighted by Gasteiger charge is -2.10. The Balaban J connectivity index is 1.84. The molecule has 0 saturated carbocycles. The van der Waals surface area contributed by atoms with Crippen molar-refractivity contribution in [2.45, 2.75) is 17.4 Å². The third kappa shape index (κ3) is 4.00. The smallest absolute Gasteiger partial charge is 0.0794 e. The molecule has 2 nitrogen and oxygen atoms in total. The number of nitrogens with two attached hydrogens (primary N) is 1. The first kappa shape index (κ1) is 12.9. The van der Waals surface area contributed by atoms with Crippen LogP contribution in [0, 0.1) is 0 Å². The van der Waals surface area contributed by atoms with E-state index in [1.807, 2.05) is 36.0 Å². The van der Waals surface area contributed by atoms with E-state index in [1.54, 1.807) is 23.1 Å². The van der Waals surface area contributed by atoms with Crippen molar-refractivity contribution in [3.05, 3.63) is 45.9 Å². The molecule has 0 spiro atoms. The third-order valence-corrected chi connectivity index (χ3v) is 4.74. The first-order valence-corrected chi connectivity index (χ1v) is 7.50. The molecule has 0 aliphatic heterocycles. The molecule has 0 aliphatic carbocycles. The molecule has 1 aromatic heterocycles. The van der Waals surface area contributed by atoms with Crippen LogP contribution >= 0.6 is 34.7 Å².